The molecule has 0 aliphatic heterocycles. The lowest BCUT2D eigenvalue weighted by atomic mass is 10.2. The van der Waals surface area contributed by atoms with Crippen LogP contribution in [0.5, 0.6) is 0 Å². The molecule has 1 fully saturated rings. The van der Waals surface area contributed by atoms with E-state index in [0.29, 0.717) is 25.6 Å². The number of amides is 1. The largest absolute Gasteiger partial charge is 0.444 e. The molecule has 2 N–H and O–H groups in total. The third kappa shape index (κ3) is 8.09. The molecular weight excluding hydrogens is 332 g/mol. The second-order valence-corrected chi connectivity index (χ2v) is 14.7. The molecule has 0 heterocycles. The Morgan fingerprint density at radius 1 is 1.20 bits per heavy atom. The van der Waals surface area contributed by atoms with Gasteiger partial charge in [0.25, 0.3) is 0 Å². The van der Waals surface area contributed by atoms with Gasteiger partial charge in [-0.3, -0.25) is 0 Å². The van der Waals surface area contributed by atoms with Crippen molar-refractivity contribution in [2.24, 2.45) is 11.7 Å². The first kappa shape index (κ1) is 22.4. The summed E-state index contributed by atoms with van der Waals surface area (Å²) in [6.45, 7) is 18.8. The van der Waals surface area contributed by atoms with Crippen molar-refractivity contribution in [1.29, 1.82) is 0 Å². The van der Waals surface area contributed by atoms with Crippen LogP contribution in [0.1, 0.15) is 60.8 Å². The molecule has 0 aromatic carbocycles. The van der Waals surface area contributed by atoms with Crippen LogP contribution in [0.3, 0.4) is 0 Å². The maximum atomic E-state index is 12.5. The summed E-state index contributed by atoms with van der Waals surface area (Å²) in [6.07, 6.45) is 2.90. The Bertz CT molecular complexity index is 437. The van der Waals surface area contributed by atoms with Gasteiger partial charge in [0, 0.05) is 25.7 Å². The Hall–Kier alpha value is -0.593. The van der Waals surface area contributed by atoms with Crippen LogP contribution in [-0.4, -0.2) is 50.6 Å². The van der Waals surface area contributed by atoms with Gasteiger partial charge >= 0.3 is 6.09 Å². The summed E-state index contributed by atoms with van der Waals surface area (Å²) in [5.74, 6) is 0.563. The average Bonchev–Trinajstić information content (AvgIpc) is 3.22. The molecular formula is C19H40N2O3Si. The maximum Gasteiger partial charge on any atom is 0.410 e. The summed E-state index contributed by atoms with van der Waals surface area (Å²) in [4.78, 5) is 14.3. The van der Waals surface area contributed by atoms with Gasteiger partial charge in [-0.15, -0.1) is 0 Å². The van der Waals surface area contributed by atoms with E-state index >= 15 is 0 Å². The Morgan fingerprint density at radius 2 is 1.76 bits per heavy atom. The normalized spacial score (nSPS) is 17.3. The number of carbonyl (C=O) groups excluding carboxylic acids is 1. The molecule has 0 bridgehead atoms. The van der Waals surface area contributed by atoms with Gasteiger partial charge in [-0.2, -0.15) is 0 Å². The topological polar surface area (TPSA) is 64.8 Å². The van der Waals surface area contributed by atoms with E-state index in [1.54, 1.807) is 4.90 Å². The van der Waals surface area contributed by atoms with Crippen molar-refractivity contribution >= 4 is 14.4 Å². The summed E-state index contributed by atoms with van der Waals surface area (Å²) in [6, 6.07) is 0.0498. The predicted molar refractivity (Wildman–Crippen MR) is 106 cm³/mol. The molecule has 1 aliphatic rings. The fraction of sp³-hybridized carbons (Fsp3) is 0.947. The summed E-state index contributed by atoms with van der Waals surface area (Å²) in [5.41, 5.74) is 5.75. The minimum Gasteiger partial charge on any atom is -0.444 e. The summed E-state index contributed by atoms with van der Waals surface area (Å²) < 4.78 is 11.8. The Kier molecular flexibility index (Phi) is 7.54. The van der Waals surface area contributed by atoms with Gasteiger partial charge in [0.15, 0.2) is 8.32 Å². The highest BCUT2D eigenvalue weighted by Crippen LogP contribution is 2.36. The molecule has 25 heavy (non-hydrogen) atoms. The van der Waals surface area contributed by atoms with E-state index in [4.69, 9.17) is 14.9 Å². The van der Waals surface area contributed by atoms with Crippen molar-refractivity contribution in [3.8, 4) is 0 Å². The van der Waals surface area contributed by atoms with Gasteiger partial charge in [-0.05, 0) is 64.1 Å². The zero-order valence-electron chi connectivity index (χ0n) is 17.6. The van der Waals surface area contributed by atoms with Gasteiger partial charge in [0.2, 0.25) is 0 Å². The second-order valence-electron chi connectivity index (χ2n) is 9.89. The molecule has 148 valence electrons. The highest BCUT2D eigenvalue weighted by Gasteiger charge is 2.37. The molecule has 1 rings (SSSR count). The van der Waals surface area contributed by atoms with E-state index in [1.165, 1.54) is 12.8 Å². The highest BCUT2D eigenvalue weighted by molar-refractivity contribution is 6.74. The first-order valence-corrected chi connectivity index (χ1v) is 12.5. The first-order valence-electron chi connectivity index (χ1n) is 9.60. The van der Waals surface area contributed by atoms with Crippen molar-refractivity contribution in [3.63, 3.8) is 0 Å². The minimum absolute atomic E-state index is 0.0498. The van der Waals surface area contributed by atoms with Gasteiger partial charge in [-0.1, -0.05) is 20.8 Å². The number of hydrogen-bond donors (Lipinski definition) is 1. The molecule has 0 spiro atoms. The minimum atomic E-state index is -1.74. The van der Waals surface area contributed by atoms with Crippen molar-refractivity contribution < 1.29 is 14.0 Å². The van der Waals surface area contributed by atoms with Gasteiger partial charge in [0.1, 0.15) is 5.60 Å². The van der Waals surface area contributed by atoms with Crippen molar-refractivity contribution in [2.75, 3.05) is 19.7 Å². The Labute approximate surface area is 155 Å². The van der Waals surface area contributed by atoms with Crippen LogP contribution >= 0.6 is 0 Å². The molecule has 1 aliphatic carbocycles. The number of ether oxygens (including phenoxy) is 1. The van der Waals surface area contributed by atoms with E-state index < -0.39 is 13.9 Å². The van der Waals surface area contributed by atoms with Crippen LogP contribution in [0.4, 0.5) is 4.79 Å². The molecule has 1 atom stereocenters. The lowest BCUT2D eigenvalue weighted by Gasteiger charge is -2.36. The highest BCUT2D eigenvalue weighted by atomic mass is 28.4. The molecule has 1 amide bonds. The van der Waals surface area contributed by atoms with Crippen molar-refractivity contribution in [2.45, 2.75) is 90.6 Å². The fourth-order valence-corrected chi connectivity index (χ4v) is 3.40. The van der Waals surface area contributed by atoms with E-state index in [2.05, 4.69) is 33.9 Å². The maximum absolute atomic E-state index is 12.5. The van der Waals surface area contributed by atoms with Crippen molar-refractivity contribution in [1.82, 2.24) is 4.90 Å². The average molecular weight is 373 g/mol. The fourth-order valence-electron chi connectivity index (χ4n) is 2.31. The molecule has 1 unspecified atom stereocenters. The van der Waals surface area contributed by atoms with Crippen LogP contribution in [0, 0.1) is 5.92 Å². The number of carbonyl (C=O) groups is 1. The zero-order chi connectivity index (χ0) is 19.5. The summed E-state index contributed by atoms with van der Waals surface area (Å²) in [7, 11) is -1.74. The van der Waals surface area contributed by atoms with Crippen molar-refractivity contribution in [3.05, 3.63) is 0 Å². The van der Waals surface area contributed by atoms with Crippen LogP contribution < -0.4 is 5.73 Å². The standard InChI is InChI=1S/C19H40N2O3Si/c1-18(2,3)24-17(22)21(14-16(20)15-10-11-15)12-9-13-23-25(7,8)19(4,5)6/h15-16H,9-14,20H2,1-8H3. The lowest BCUT2D eigenvalue weighted by Crippen LogP contribution is -2.45. The van der Waals surface area contributed by atoms with E-state index in [9.17, 15) is 4.79 Å². The lowest BCUT2D eigenvalue weighted by molar-refractivity contribution is 0.0226. The summed E-state index contributed by atoms with van der Waals surface area (Å²) in [5, 5.41) is 0.201. The quantitative estimate of drug-likeness (QED) is 0.507. The molecule has 6 heteroatoms. The number of hydrogen-bond acceptors (Lipinski definition) is 4. The number of rotatable bonds is 8. The van der Waals surface area contributed by atoms with Crippen LogP contribution in [0.15, 0.2) is 0 Å². The third-order valence-corrected chi connectivity index (χ3v) is 9.69. The summed E-state index contributed by atoms with van der Waals surface area (Å²) >= 11 is 0. The second kappa shape index (κ2) is 8.40. The molecule has 0 radical (unpaired) electrons. The molecule has 0 saturated heterocycles. The van der Waals surface area contributed by atoms with Crippen LogP contribution in [-0.2, 0) is 9.16 Å². The van der Waals surface area contributed by atoms with E-state index in [0.717, 1.165) is 6.42 Å². The van der Waals surface area contributed by atoms with Gasteiger partial charge in [0.05, 0.1) is 0 Å². The SMILES string of the molecule is CC(C)(C)OC(=O)N(CCCO[Si](C)(C)C(C)(C)C)CC(N)C1CC1. The van der Waals surface area contributed by atoms with E-state index in [-0.39, 0.29) is 17.2 Å². The third-order valence-electron chi connectivity index (χ3n) is 5.15. The zero-order valence-corrected chi connectivity index (χ0v) is 18.6. The number of nitrogens with two attached hydrogens (primary N) is 1. The van der Waals surface area contributed by atoms with E-state index in [1.807, 2.05) is 20.8 Å². The van der Waals surface area contributed by atoms with Gasteiger partial charge in [-0.25, -0.2) is 4.79 Å². The molecule has 5 nitrogen and oxygen atoms in total. The Morgan fingerprint density at radius 3 is 2.20 bits per heavy atom. The van der Waals surface area contributed by atoms with Crippen LogP contribution in [0.2, 0.25) is 18.1 Å². The predicted octanol–water partition coefficient (Wildman–Crippen LogP) is 4.37. The first-order chi connectivity index (χ1) is 11.2. The van der Waals surface area contributed by atoms with Crippen LogP contribution in [0.25, 0.3) is 0 Å². The molecule has 1 saturated carbocycles. The molecule has 0 aromatic heterocycles. The molecule has 0 aromatic rings. The monoisotopic (exact) mass is 372 g/mol. The Balaban J connectivity index is 2.53. The van der Waals surface area contributed by atoms with Gasteiger partial charge < -0.3 is 19.8 Å². The number of nitrogens with zero attached hydrogens (tertiary/aromatic N) is 1. The smallest absolute Gasteiger partial charge is 0.410 e.